The highest BCUT2D eigenvalue weighted by molar-refractivity contribution is 7.88. The Labute approximate surface area is 122 Å². The number of terminal acetylenes is 1. The Morgan fingerprint density at radius 3 is 2.60 bits per heavy atom. The third kappa shape index (κ3) is 4.97. The molecule has 4 nitrogen and oxygen atoms in total. The number of nitrogens with one attached hydrogen (secondary N) is 1. The Bertz CT molecular complexity index is 561. The van der Waals surface area contributed by atoms with Crippen LogP contribution in [0.3, 0.4) is 0 Å². The topological polar surface area (TPSA) is 49.4 Å². The largest absolute Gasteiger partial charge is 0.313 e. The summed E-state index contributed by atoms with van der Waals surface area (Å²) < 4.78 is 25.8. The first-order valence-electron chi connectivity index (χ1n) is 6.73. The van der Waals surface area contributed by atoms with E-state index in [-0.39, 0.29) is 12.3 Å². The molecule has 0 bridgehead atoms. The van der Waals surface area contributed by atoms with Gasteiger partial charge in [0.15, 0.2) is 0 Å². The SMILES string of the molecule is C#CCN(CC)S(=O)(=O)Cc1cccc(CNCC)c1. The van der Waals surface area contributed by atoms with Crippen LogP contribution in [-0.2, 0) is 22.3 Å². The number of hydrogen-bond acceptors (Lipinski definition) is 3. The van der Waals surface area contributed by atoms with Crippen LogP contribution < -0.4 is 5.32 Å². The maximum atomic E-state index is 12.3. The molecule has 20 heavy (non-hydrogen) atoms. The number of rotatable bonds is 8. The van der Waals surface area contributed by atoms with Crippen molar-refractivity contribution in [1.29, 1.82) is 0 Å². The predicted octanol–water partition coefficient (Wildman–Crippen LogP) is 1.58. The summed E-state index contributed by atoms with van der Waals surface area (Å²) in [6.45, 7) is 5.96. The molecule has 0 heterocycles. The zero-order valence-corrected chi connectivity index (χ0v) is 12.9. The number of nitrogens with zero attached hydrogens (tertiary/aromatic N) is 1. The van der Waals surface area contributed by atoms with Gasteiger partial charge in [0.2, 0.25) is 10.0 Å². The smallest absolute Gasteiger partial charge is 0.219 e. The standard InChI is InChI=1S/C15H22N2O2S/c1-4-10-17(6-3)20(18,19)13-15-9-7-8-14(11-15)12-16-5-2/h1,7-9,11,16H,5-6,10,12-13H2,2-3H3. The molecule has 5 heteroatoms. The molecular formula is C15H22N2O2S. The van der Waals surface area contributed by atoms with Crippen LogP contribution in [0.1, 0.15) is 25.0 Å². The normalized spacial score (nSPS) is 11.5. The van der Waals surface area contributed by atoms with Crippen molar-refractivity contribution < 1.29 is 8.42 Å². The van der Waals surface area contributed by atoms with Crippen LogP contribution in [0.25, 0.3) is 0 Å². The summed E-state index contributed by atoms with van der Waals surface area (Å²) in [7, 11) is -3.35. The van der Waals surface area contributed by atoms with Gasteiger partial charge in [0, 0.05) is 13.1 Å². The summed E-state index contributed by atoms with van der Waals surface area (Å²) >= 11 is 0. The Balaban J connectivity index is 2.84. The summed E-state index contributed by atoms with van der Waals surface area (Å²) in [5.74, 6) is 2.38. The summed E-state index contributed by atoms with van der Waals surface area (Å²) in [4.78, 5) is 0. The lowest BCUT2D eigenvalue weighted by atomic mass is 10.1. The first-order chi connectivity index (χ1) is 9.53. The molecule has 0 atom stereocenters. The summed E-state index contributed by atoms with van der Waals surface area (Å²) in [5.41, 5.74) is 1.87. The van der Waals surface area contributed by atoms with E-state index >= 15 is 0 Å². The molecule has 0 radical (unpaired) electrons. The van der Waals surface area contributed by atoms with Gasteiger partial charge in [0.05, 0.1) is 12.3 Å². The molecule has 0 spiro atoms. The second-order valence-electron chi connectivity index (χ2n) is 4.49. The van der Waals surface area contributed by atoms with Crippen LogP contribution in [-0.4, -0.2) is 32.4 Å². The van der Waals surface area contributed by atoms with Crippen molar-refractivity contribution in [2.75, 3.05) is 19.6 Å². The van der Waals surface area contributed by atoms with E-state index in [1.54, 1.807) is 6.92 Å². The van der Waals surface area contributed by atoms with Crippen LogP contribution in [0, 0.1) is 12.3 Å². The Morgan fingerprint density at radius 1 is 1.30 bits per heavy atom. The summed E-state index contributed by atoms with van der Waals surface area (Å²) in [6, 6.07) is 7.62. The molecule has 0 fully saturated rings. The third-order valence-electron chi connectivity index (χ3n) is 2.93. The van der Waals surface area contributed by atoms with Crippen molar-refractivity contribution in [3.05, 3.63) is 35.4 Å². The first-order valence-corrected chi connectivity index (χ1v) is 8.34. The van der Waals surface area contributed by atoms with E-state index in [1.807, 2.05) is 31.2 Å². The average molecular weight is 294 g/mol. The van der Waals surface area contributed by atoms with Crippen molar-refractivity contribution in [3.8, 4) is 12.3 Å². The van der Waals surface area contributed by atoms with Gasteiger partial charge in [-0.1, -0.05) is 44.0 Å². The quantitative estimate of drug-likeness (QED) is 0.741. The van der Waals surface area contributed by atoms with Crippen molar-refractivity contribution in [2.24, 2.45) is 0 Å². The highest BCUT2D eigenvalue weighted by atomic mass is 32.2. The molecule has 1 rings (SSSR count). The van der Waals surface area contributed by atoms with E-state index in [1.165, 1.54) is 4.31 Å². The summed E-state index contributed by atoms with van der Waals surface area (Å²) in [6.07, 6.45) is 5.21. The molecule has 0 saturated carbocycles. The number of sulfonamides is 1. The van der Waals surface area contributed by atoms with E-state index in [9.17, 15) is 8.42 Å². The molecule has 1 aromatic carbocycles. The van der Waals surface area contributed by atoms with E-state index in [0.29, 0.717) is 6.54 Å². The van der Waals surface area contributed by atoms with Gasteiger partial charge in [-0.3, -0.25) is 0 Å². The van der Waals surface area contributed by atoms with Crippen LogP contribution >= 0.6 is 0 Å². The van der Waals surface area contributed by atoms with Gasteiger partial charge in [-0.05, 0) is 17.7 Å². The van der Waals surface area contributed by atoms with E-state index in [4.69, 9.17) is 6.42 Å². The van der Waals surface area contributed by atoms with Crippen LogP contribution in [0.4, 0.5) is 0 Å². The highest BCUT2D eigenvalue weighted by Crippen LogP contribution is 2.12. The fourth-order valence-electron chi connectivity index (χ4n) is 1.91. The molecule has 1 N–H and O–H groups in total. The Hall–Kier alpha value is -1.35. The van der Waals surface area contributed by atoms with Gasteiger partial charge in [0.25, 0.3) is 0 Å². The van der Waals surface area contributed by atoms with Gasteiger partial charge in [-0.2, -0.15) is 4.31 Å². The van der Waals surface area contributed by atoms with Crippen LogP contribution in [0.15, 0.2) is 24.3 Å². The number of benzene rings is 1. The van der Waals surface area contributed by atoms with Crippen molar-refractivity contribution in [3.63, 3.8) is 0 Å². The maximum absolute atomic E-state index is 12.3. The van der Waals surface area contributed by atoms with Crippen LogP contribution in [0.5, 0.6) is 0 Å². The van der Waals surface area contributed by atoms with Gasteiger partial charge in [-0.15, -0.1) is 6.42 Å². The highest BCUT2D eigenvalue weighted by Gasteiger charge is 2.20. The van der Waals surface area contributed by atoms with Crippen LogP contribution in [0.2, 0.25) is 0 Å². The van der Waals surface area contributed by atoms with Crippen molar-refractivity contribution in [2.45, 2.75) is 26.1 Å². The zero-order valence-electron chi connectivity index (χ0n) is 12.1. The summed E-state index contributed by atoms with van der Waals surface area (Å²) in [5, 5.41) is 3.22. The minimum absolute atomic E-state index is 0.0114. The maximum Gasteiger partial charge on any atom is 0.219 e. The fraction of sp³-hybridized carbons (Fsp3) is 0.467. The van der Waals surface area contributed by atoms with Gasteiger partial charge >= 0.3 is 0 Å². The van der Waals surface area contributed by atoms with Gasteiger partial charge < -0.3 is 5.32 Å². The minimum atomic E-state index is -3.35. The zero-order chi connectivity index (χ0) is 15.0. The molecule has 110 valence electrons. The predicted molar refractivity (Wildman–Crippen MR) is 82.5 cm³/mol. The molecule has 0 aliphatic rings. The molecule has 1 aromatic rings. The second-order valence-corrected chi connectivity index (χ2v) is 6.46. The molecule has 0 aliphatic heterocycles. The van der Waals surface area contributed by atoms with Crippen molar-refractivity contribution in [1.82, 2.24) is 9.62 Å². The second kappa shape index (κ2) is 8.05. The minimum Gasteiger partial charge on any atom is -0.313 e. The van der Waals surface area contributed by atoms with E-state index < -0.39 is 10.0 Å². The lowest BCUT2D eigenvalue weighted by Crippen LogP contribution is -2.32. The first kappa shape index (κ1) is 16.7. The van der Waals surface area contributed by atoms with Gasteiger partial charge in [-0.25, -0.2) is 8.42 Å². The molecule has 0 saturated heterocycles. The molecule has 0 unspecified atom stereocenters. The molecule has 0 amide bonds. The Morgan fingerprint density at radius 2 is 2.00 bits per heavy atom. The monoisotopic (exact) mass is 294 g/mol. The lowest BCUT2D eigenvalue weighted by molar-refractivity contribution is 0.463. The van der Waals surface area contributed by atoms with E-state index in [0.717, 1.165) is 24.2 Å². The lowest BCUT2D eigenvalue weighted by Gasteiger charge is -2.18. The third-order valence-corrected chi connectivity index (χ3v) is 4.81. The molecule has 0 aliphatic carbocycles. The van der Waals surface area contributed by atoms with Gasteiger partial charge in [0.1, 0.15) is 0 Å². The molecular weight excluding hydrogens is 272 g/mol. The van der Waals surface area contributed by atoms with E-state index in [2.05, 4.69) is 11.2 Å². The average Bonchev–Trinajstić information content (AvgIpc) is 2.42. The van der Waals surface area contributed by atoms with Crippen molar-refractivity contribution >= 4 is 10.0 Å². The Kier molecular flexibility index (Phi) is 6.73. The number of hydrogen-bond donors (Lipinski definition) is 1. The fourth-order valence-corrected chi connectivity index (χ4v) is 3.36. The molecule has 0 aromatic heterocycles.